The molecule has 2 amide bonds. The van der Waals surface area contributed by atoms with E-state index >= 15 is 0 Å². The summed E-state index contributed by atoms with van der Waals surface area (Å²) in [6.07, 6.45) is 2.38. The molecule has 134 valence electrons. The van der Waals surface area contributed by atoms with Crippen LogP contribution in [-0.2, 0) is 4.74 Å². The molecule has 0 aromatic heterocycles. The number of carbonyl (C=O) groups excluding carboxylic acids is 1. The Labute approximate surface area is 141 Å². The van der Waals surface area contributed by atoms with E-state index in [0.29, 0.717) is 12.0 Å². The highest BCUT2D eigenvalue weighted by Crippen LogP contribution is 2.34. The highest BCUT2D eigenvalue weighted by molar-refractivity contribution is 5.74. The lowest BCUT2D eigenvalue weighted by Gasteiger charge is -2.31. The average Bonchev–Trinajstić information content (AvgIpc) is 3.15. The number of likely N-dealkylation sites (N-methyl/N-ethyl adjacent to an activating group) is 1. The van der Waals surface area contributed by atoms with Crippen LogP contribution in [0.5, 0.6) is 0 Å². The monoisotopic (exact) mass is 325 g/mol. The molecule has 2 rings (SSSR count). The van der Waals surface area contributed by atoms with Crippen molar-refractivity contribution in [2.75, 3.05) is 39.3 Å². The van der Waals surface area contributed by atoms with Gasteiger partial charge in [-0.3, -0.25) is 4.90 Å². The molecular weight excluding hydrogens is 290 g/mol. The van der Waals surface area contributed by atoms with Gasteiger partial charge < -0.3 is 15.0 Å². The number of urea groups is 1. The normalized spacial score (nSPS) is 28.6. The summed E-state index contributed by atoms with van der Waals surface area (Å²) in [6, 6.07) is 0.618. The number of amides is 2. The summed E-state index contributed by atoms with van der Waals surface area (Å²) in [5.74, 6) is 0.431. The van der Waals surface area contributed by atoms with E-state index in [4.69, 9.17) is 4.74 Å². The Hall–Kier alpha value is -0.810. The Balaban J connectivity index is 1.79. The first kappa shape index (κ1) is 18.5. The Morgan fingerprint density at radius 3 is 2.57 bits per heavy atom. The molecule has 0 radical (unpaired) electrons. The topological polar surface area (TPSA) is 44.8 Å². The maximum atomic E-state index is 12.5. The third kappa shape index (κ3) is 4.60. The van der Waals surface area contributed by atoms with Gasteiger partial charge in [-0.1, -0.05) is 34.6 Å². The van der Waals surface area contributed by atoms with Crippen LogP contribution in [0, 0.1) is 11.3 Å². The van der Waals surface area contributed by atoms with Gasteiger partial charge in [0.25, 0.3) is 0 Å². The van der Waals surface area contributed by atoms with E-state index in [1.54, 1.807) is 0 Å². The van der Waals surface area contributed by atoms with E-state index < -0.39 is 0 Å². The summed E-state index contributed by atoms with van der Waals surface area (Å²) in [7, 11) is 0. The minimum Gasteiger partial charge on any atom is -0.377 e. The van der Waals surface area contributed by atoms with E-state index in [1.165, 1.54) is 0 Å². The number of nitrogens with one attached hydrogen (secondary N) is 1. The Kier molecular flexibility index (Phi) is 6.32. The minimum atomic E-state index is 0.0965. The summed E-state index contributed by atoms with van der Waals surface area (Å²) in [6.45, 7) is 16.4. The smallest absolute Gasteiger partial charge is 0.317 e. The van der Waals surface area contributed by atoms with Gasteiger partial charge in [0.2, 0.25) is 0 Å². The molecule has 0 spiro atoms. The predicted molar refractivity (Wildman–Crippen MR) is 93.6 cm³/mol. The van der Waals surface area contributed by atoms with Gasteiger partial charge >= 0.3 is 6.03 Å². The van der Waals surface area contributed by atoms with Crippen molar-refractivity contribution in [3.05, 3.63) is 0 Å². The molecule has 2 saturated heterocycles. The van der Waals surface area contributed by atoms with Crippen LogP contribution in [0.15, 0.2) is 0 Å². The Morgan fingerprint density at radius 2 is 1.96 bits per heavy atom. The van der Waals surface area contributed by atoms with Crippen LogP contribution in [-0.4, -0.2) is 67.3 Å². The second-order valence-corrected chi connectivity index (χ2v) is 8.00. The lowest BCUT2D eigenvalue weighted by atomic mass is 9.81. The number of likely N-dealkylation sites (tertiary alicyclic amines) is 1. The molecule has 0 unspecified atom stereocenters. The van der Waals surface area contributed by atoms with Crippen LogP contribution in [0.25, 0.3) is 0 Å². The highest BCUT2D eigenvalue weighted by atomic mass is 16.5. The molecule has 5 nitrogen and oxygen atoms in total. The number of carbonyl (C=O) groups is 1. The van der Waals surface area contributed by atoms with E-state index in [0.717, 1.165) is 52.2 Å². The zero-order valence-electron chi connectivity index (χ0n) is 15.6. The molecule has 2 aliphatic rings. The summed E-state index contributed by atoms with van der Waals surface area (Å²) in [4.78, 5) is 16.9. The molecule has 3 atom stereocenters. The molecule has 0 bridgehead atoms. The fourth-order valence-electron chi connectivity index (χ4n) is 4.09. The first-order valence-electron chi connectivity index (χ1n) is 9.25. The van der Waals surface area contributed by atoms with Gasteiger partial charge in [-0.05, 0) is 31.3 Å². The summed E-state index contributed by atoms with van der Waals surface area (Å²) in [5.41, 5.74) is 0.132. The van der Waals surface area contributed by atoms with Gasteiger partial charge in [0.1, 0.15) is 0 Å². The maximum absolute atomic E-state index is 12.5. The van der Waals surface area contributed by atoms with Crippen LogP contribution in [0.4, 0.5) is 4.79 Å². The summed E-state index contributed by atoms with van der Waals surface area (Å²) in [5, 5.41) is 3.15. The minimum absolute atomic E-state index is 0.0965. The zero-order chi connectivity index (χ0) is 17.0. The van der Waals surface area contributed by atoms with Crippen molar-refractivity contribution >= 4 is 6.03 Å². The number of rotatable bonds is 5. The first-order chi connectivity index (χ1) is 10.9. The van der Waals surface area contributed by atoms with E-state index in [9.17, 15) is 4.79 Å². The van der Waals surface area contributed by atoms with Gasteiger partial charge in [-0.2, -0.15) is 0 Å². The number of hydrogen-bond acceptors (Lipinski definition) is 3. The van der Waals surface area contributed by atoms with Crippen LogP contribution < -0.4 is 5.32 Å². The number of hydrogen-bond donors (Lipinski definition) is 1. The fourth-order valence-corrected chi connectivity index (χ4v) is 4.09. The van der Waals surface area contributed by atoms with Crippen molar-refractivity contribution in [1.29, 1.82) is 0 Å². The first-order valence-corrected chi connectivity index (χ1v) is 9.25. The third-order valence-corrected chi connectivity index (χ3v) is 5.36. The van der Waals surface area contributed by atoms with Crippen molar-refractivity contribution < 1.29 is 9.53 Å². The van der Waals surface area contributed by atoms with Gasteiger partial charge in [0, 0.05) is 38.2 Å². The van der Waals surface area contributed by atoms with E-state index in [1.807, 2.05) is 4.90 Å². The number of ether oxygens (including phenoxy) is 1. The van der Waals surface area contributed by atoms with Crippen molar-refractivity contribution in [3.63, 3.8) is 0 Å². The number of nitrogens with zero attached hydrogens (tertiary/aromatic N) is 2. The molecule has 0 saturated carbocycles. The summed E-state index contributed by atoms with van der Waals surface area (Å²) < 4.78 is 5.89. The SMILES string of the molecule is CCN(CC)[C@@H]1CCN(C(=O)NC[C@@H]2CCO[C@H]2C(C)(C)C)C1. The van der Waals surface area contributed by atoms with Gasteiger partial charge in [-0.25, -0.2) is 4.79 Å². The second kappa shape index (κ2) is 7.84. The molecule has 0 aromatic carbocycles. The second-order valence-electron chi connectivity index (χ2n) is 8.00. The van der Waals surface area contributed by atoms with Crippen molar-refractivity contribution in [2.24, 2.45) is 11.3 Å². The quantitative estimate of drug-likeness (QED) is 0.845. The molecule has 0 aromatic rings. The van der Waals surface area contributed by atoms with Crippen molar-refractivity contribution in [1.82, 2.24) is 15.1 Å². The lowest BCUT2D eigenvalue weighted by molar-refractivity contribution is 0.00757. The standard InChI is InChI=1S/C18H35N3O2/c1-6-20(7-2)15-8-10-21(13-15)17(22)19-12-14-9-11-23-16(14)18(3,4)5/h14-16H,6-13H2,1-5H3,(H,19,22)/t14-,15+,16+/m0/s1. The Morgan fingerprint density at radius 1 is 1.26 bits per heavy atom. The molecule has 0 aliphatic carbocycles. The molecular formula is C18H35N3O2. The van der Waals surface area contributed by atoms with Gasteiger partial charge in [0.15, 0.2) is 0 Å². The maximum Gasteiger partial charge on any atom is 0.317 e. The Bertz CT molecular complexity index is 390. The zero-order valence-corrected chi connectivity index (χ0v) is 15.6. The lowest BCUT2D eigenvalue weighted by Crippen LogP contribution is -2.45. The predicted octanol–water partition coefficient (Wildman–Crippen LogP) is 2.56. The third-order valence-electron chi connectivity index (χ3n) is 5.36. The molecule has 2 aliphatic heterocycles. The molecule has 23 heavy (non-hydrogen) atoms. The van der Waals surface area contributed by atoms with Crippen LogP contribution in [0.2, 0.25) is 0 Å². The van der Waals surface area contributed by atoms with Gasteiger partial charge in [-0.15, -0.1) is 0 Å². The molecule has 5 heteroatoms. The van der Waals surface area contributed by atoms with E-state index in [2.05, 4.69) is 44.8 Å². The van der Waals surface area contributed by atoms with Crippen LogP contribution in [0.1, 0.15) is 47.5 Å². The largest absolute Gasteiger partial charge is 0.377 e. The van der Waals surface area contributed by atoms with E-state index in [-0.39, 0.29) is 17.6 Å². The highest BCUT2D eigenvalue weighted by Gasteiger charge is 2.37. The van der Waals surface area contributed by atoms with Crippen LogP contribution in [0.3, 0.4) is 0 Å². The summed E-state index contributed by atoms with van der Waals surface area (Å²) >= 11 is 0. The molecule has 1 N–H and O–H groups in total. The van der Waals surface area contributed by atoms with Gasteiger partial charge in [0.05, 0.1) is 6.10 Å². The van der Waals surface area contributed by atoms with Crippen molar-refractivity contribution in [3.8, 4) is 0 Å². The van der Waals surface area contributed by atoms with Crippen molar-refractivity contribution in [2.45, 2.75) is 59.6 Å². The van der Waals surface area contributed by atoms with Crippen LogP contribution >= 0.6 is 0 Å². The molecule has 2 fully saturated rings. The molecule has 2 heterocycles. The fraction of sp³-hybridized carbons (Fsp3) is 0.944. The average molecular weight is 325 g/mol.